The summed E-state index contributed by atoms with van der Waals surface area (Å²) in [7, 11) is 0. The van der Waals surface area contributed by atoms with Gasteiger partial charge in [-0.2, -0.15) is 0 Å². The Kier molecular flexibility index (Phi) is 9.23. The Labute approximate surface area is 176 Å². The number of halogens is 1. The highest BCUT2D eigenvalue weighted by molar-refractivity contribution is 9.10. The van der Waals surface area contributed by atoms with E-state index >= 15 is 0 Å². The van der Waals surface area contributed by atoms with Gasteiger partial charge in [-0.3, -0.25) is 0 Å². The van der Waals surface area contributed by atoms with Gasteiger partial charge in [-0.05, 0) is 52.4 Å². The molecule has 0 saturated carbocycles. The fraction of sp³-hybridized carbons (Fsp3) is 0.500. The van der Waals surface area contributed by atoms with Gasteiger partial charge < -0.3 is 19.1 Å². The van der Waals surface area contributed by atoms with Crippen molar-refractivity contribution in [3.05, 3.63) is 58.8 Å². The second kappa shape index (κ2) is 12.2. The summed E-state index contributed by atoms with van der Waals surface area (Å²) < 4.78 is 17.9. The summed E-state index contributed by atoms with van der Waals surface area (Å²) in [5.41, 5.74) is 2.43. The number of ether oxygens (including phenoxy) is 3. The van der Waals surface area contributed by atoms with Gasteiger partial charge >= 0.3 is 0 Å². The van der Waals surface area contributed by atoms with Crippen LogP contribution in [-0.2, 0) is 20.8 Å². The molecule has 1 aliphatic rings. The summed E-state index contributed by atoms with van der Waals surface area (Å²) in [6.07, 6.45) is 4.17. The summed E-state index contributed by atoms with van der Waals surface area (Å²) in [5, 5.41) is 0. The SMILES string of the molecule is Brc1cc(N2CCC(COCCOCCOCc3ccccc3)CC2)ccn1. The Morgan fingerprint density at radius 1 is 0.929 bits per heavy atom. The van der Waals surface area contributed by atoms with E-state index in [1.54, 1.807) is 0 Å². The maximum atomic E-state index is 5.81. The Morgan fingerprint density at radius 2 is 1.64 bits per heavy atom. The number of hydrogen-bond donors (Lipinski definition) is 0. The molecule has 0 bridgehead atoms. The van der Waals surface area contributed by atoms with E-state index in [1.807, 2.05) is 24.4 Å². The third kappa shape index (κ3) is 7.51. The number of hydrogen-bond acceptors (Lipinski definition) is 5. The van der Waals surface area contributed by atoms with E-state index in [2.05, 4.69) is 50.1 Å². The molecule has 1 saturated heterocycles. The van der Waals surface area contributed by atoms with Crippen molar-refractivity contribution < 1.29 is 14.2 Å². The van der Waals surface area contributed by atoms with Crippen LogP contribution in [0.5, 0.6) is 0 Å². The number of benzene rings is 1. The van der Waals surface area contributed by atoms with E-state index in [-0.39, 0.29) is 0 Å². The van der Waals surface area contributed by atoms with Crippen LogP contribution in [0.25, 0.3) is 0 Å². The first-order chi connectivity index (χ1) is 13.8. The Hall–Kier alpha value is -1.47. The number of aromatic nitrogens is 1. The zero-order valence-electron chi connectivity index (χ0n) is 16.3. The van der Waals surface area contributed by atoms with Crippen molar-refractivity contribution >= 4 is 21.6 Å². The summed E-state index contributed by atoms with van der Waals surface area (Å²) in [5.74, 6) is 0.635. The molecule has 1 aromatic heterocycles. The van der Waals surface area contributed by atoms with Crippen LogP contribution in [0.1, 0.15) is 18.4 Å². The van der Waals surface area contributed by atoms with Gasteiger partial charge in [-0.15, -0.1) is 0 Å². The lowest BCUT2D eigenvalue weighted by molar-refractivity contribution is 0.00243. The van der Waals surface area contributed by atoms with Gasteiger partial charge in [0.25, 0.3) is 0 Å². The second-order valence-corrected chi connectivity index (χ2v) is 7.81. The van der Waals surface area contributed by atoms with Crippen LogP contribution >= 0.6 is 15.9 Å². The molecule has 1 aromatic carbocycles. The molecule has 2 heterocycles. The minimum atomic E-state index is 0.607. The lowest BCUT2D eigenvalue weighted by Gasteiger charge is -2.33. The molecule has 0 unspecified atom stereocenters. The lowest BCUT2D eigenvalue weighted by Crippen LogP contribution is -2.35. The highest BCUT2D eigenvalue weighted by Gasteiger charge is 2.19. The van der Waals surface area contributed by atoms with E-state index in [9.17, 15) is 0 Å². The highest BCUT2D eigenvalue weighted by Crippen LogP contribution is 2.24. The van der Waals surface area contributed by atoms with E-state index in [4.69, 9.17) is 14.2 Å². The summed E-state index contributed by atoms with van der Waals surface area (Å²) in [6.45, 7) is 6.08. The third-order valence-corrected chi connectivity index (χ3v) is 5.33. The van der Waals surface area contributed by atoms with Crippen molar-refractivity contribution in [2.24, 2.45) is 5.92 Å². The molecule has 0 N–H and O–H groups in total. The molecule has 0 radical (unpaired) electrons. The van der Waals surface area contributed by atoms with Crippen molar-refractivity contribution in [2.75, 3.05) is 51.0 Å². The number of anilines is 1. The van der Waals surface area contributed by atoms with Crippen LogP contribution in [-0.4, -0.2) is 51.1 Å². The van der Waals surface area contributed by atoms with Gasteiger partial charge in [0.05, 0.1) is 33.0 Å². The van der Waals surface area contributed by atoms with Gasteiger partial charge in [0.2, 0.25) is 0 Å². The molecule has 0 amide bonds. The van der Waals surface area contributed by atoms with Gasteiger partial charge in [0, 0.05) is 31.6 Å². The molecule has 3 rings (SSSR count). The standard InChI is InChI=1S/C22H29BrN2O3/c23-22-16-21(6-9-24-22)25-10-7-20(8-11-25)18-28-15-13-26-12-14-27-17-19-4-2-1-3-5-19/h1-6,9,16,20H,7-8,10-15,17-18H2. The number of piperidine rings is 1. The number of nitrogens with zero attached hydrogens (tertiary/aromatic N) is 2. The molecule has 0 spiro atoms. The fourth-order valence-electron chi connectivity index (χ4n) is 3.30. The Balaban J connectivity index is 1.17. The average molecular weight is 449 g/mol. The molecule has 0 atom stereocenters. The monoisotopic (exact) mass is 448 g/mol. The van der Waals surface area contributed by atoms with E-state index in [1.165, 1.54) is 11.3 Å². The molecule has 152 valence electrons. The largest absolute Gasteiger partial charge is 0.379 e. The van der Waals surface area contributed by atoms with Crippen LogP contribution in [0.4, 0.5) is 5.69 Å². The Morgan fingerprint density at radius 3 is 2.39 bits per heavy atom. The zero-order valence-corrected chi connectivity index (χ0v) is 17.9. The summed E-state index contributed by atoms with van der Waals surface area (Å²) in [4.78, 5) is 6.61. The van der Waals surface area contributed by atoms with Gasteiger partial charge in [-0.1, -0.05) is 30.3 Å². The second-order valence-electron chi connectivity index (χ2n) is 6.99. The van der Waals surface area contributed by atoms with Crippen molar-refractivity contribution in [3.63, 3.8) is 0 Å². The van der Waals surface area contributed by atoms with Gasteiger partial charge in [0.15, 0.2) is 0 Å². The zero-order chi connectivity index (χ0) is 19.4. The first kappa shape index (κ1) is 21.2. The maximum absolute atomic E-state index is 5.81. The predicted octanol–water partition coefficient (Wildman–Crippen LogP) is 4.31. The quantitative estimate of drug-likeness (QED) is 0.378. The van der Waals surface area contributed by atoms with Crippen LogP contribution in [0.2, 0.25) is 0 Å². The highest BCUT2D eigenvalue weighted by atomic mass is 79.9. The van der Waals surface area contributed by atoms with Gasteiger partial charge in [-0.25, -0.2) is 4.98 Å². The van der Waals surface area contributed by atoms with Crippen molar-refractivity contribution in [1.29, 1.82) is 0 Å². The smallest absolute Gasteiger partial charge is 0.108 e. The maximum Gasteiger partial charge on any atom is 0.108 e. The molecular formula is C22H29BrN2O3. The molecule has 0 aliphatic carbocycles. The van der Waals surface area contributed by atoms with Crippen LogP contribution in [0, 0.1) is 5.92 Å². The molecule has 1 aliphatic heterocycles. The number of rotatable bonds is 11. The first-order valence-electron chi connectivity index (χ1n) is 9.95. The van der Waals surface area contributed by atoms with Crippen LogP contribution in [0.15, 0.2) is 53.3 Å². The molecule has 2 aromatic rings. The summed E-state index contributed by atoms with van der Waals surface area (Å²) in [6, 6.07) is 14.3. The molecule has 28 heavy (non-hydrogen) atoms. The minimum absolute atomic E-state index is 0.607. The minimum Gasteiger partial charge on any atom is -0.379 e. The third-order valence-electron chi connectivity index (χ3n) is 4.90. The molecule has 5 nitrogen and oxygen atoms in total. The topological polar surface area (TPSA) is 43.8 Å². The predicted molar refractivity (Wildman–Crippen MR) is 115 cm³/mol. The number of pyridine rings is 1. The van der Waals surface area contributed by atoms with Crippen LogP contribution < -0.4 is 4.90 Å². The average Bonchev–Trinajstić information content (AvgIpc) is 2.74. The Bertz CT molecular complexity index is 678. The van der Waals surface area contributed by atoms with Crippen molar-refractivity contribution in [1.82, 2.24) is 4.98 Å². The first-order valence-corrected chi connectivity index (χ1v) is 10.7. The van der Waals surface area contributed by atoms with Gasteiger partial charge in [0.1, 0.15) is 4.60 Å². The molecule has 6 heteroatoms. The van der Waals surface area contributed by atoms with Crippen LogP contribution in [0.3, 0.4) is 0 Å². The normalized spacial score (nSPS) is 15.1. The lowest BCUT2D eigenvalue weighted by atomic mass is 9.97. The van der Waals surface area contributed by atoms with E-state index < -0.39 is 0 Å². The van der Waals surface area contributed by atoms with Crippen molar-refractivity contribution in [2.45, 2.75) is 19.4 Å². The summed E-state index contributed by atoms with van der Waals surface area (Å²) >= 11 is 3.44. The molecule has 1 fully saturated rings. The van der Waals surface area contributed by atoms with Crippen molar-refractivity contribution in [3.8, 4) is 0 Å². The van der Waals surface area contributed by atoms with E-state index in [0.29, 0.717) is 39.0 Å². The van der Waals surface area contributed by atoms with E-state index in [0.717, 1.165) is 37.1 Å². The fourth-order valence-corrected chi connectivity index (χ4v) is 3.65. The molecular weight excluding hydrogens is 420 g/mol.